The van der Waals surface area contributed by atoms with Crippen LogP contribution >= 0.6 is 11.8 Å². The topological polar surface area (TPSA) is 151 Å². The number of thioether (sulfide) groups is 1. The molecule has 3 rings (SSSR count). The zero-order valence-electron chi connectivity index (χ0n) is 19.8. The third-order valence-corrected chi connectivity index (χ3v) is 5.90. The fourth-order valence-electron chi connectivity index (χ4n) is 2.97. The minimum Gasteiger partial charge on any atom is -0.493 e. The van der Waals surface area contributed by atoms with E-state index in [9.17, 15) is 19.7 Å². The van der Waals surface area contributed by atoms with Crippen molar-refractivity contribution in [3.63, 3.8) is 0 Å². The molecule has 0 aliphatic rings. The summed E-state index contributed by atoms with van der Waals surface area (Å²) in [5.41, 5.74) is 1.17. The van der Waals surface area contributed by atoms with E-state index in [0.29, 0.717) is 28.2 Å². The second-order valence-electron chi connectivity index (χ2n) is 7.26. The molecule has 3 aromatic rings. The summed E-state index contributed by atoms with van der Waals surface area (Å²) in [6.07, 6.45) is 3.05. The number of nitro groups is 1. The Kier molecular flexibility index (Phi) is 9.00. The van der Waals surface area contributed by atoms with Crippen molar-refractivity contribution in [3.05, 3.63) is 70.0 Å². The molecule has 0 spiro atoms. The summed E-state index contributed by atoms with van der Waals surface area (Å²) in [6, 6.07) is 10.9. The number of hydrogen-bond acceptors (Lipinski definition) is 9. The van der Waals surface area contributed by atoms with Gasteiger partial charge in [-0.15, -0.1) is 10.2 Å². The fourth-order valence-corrected chi connectivity index (χ4v) is 3.70. The Morgan fingerprint density at radius 1 is 1.11 bits per heavy atom. The summed E-state index contributed by atoms with van der Waals surface area (Å²) >= 11 is 1.17. The van der Waals surface area contributed by atoms with Gasteiger partial charge in [0.25, 0.3) is 5.69 Å². The first-order valence-corrected chi connectivity index (χ1v) is 11.5. The number of carbonyl (C=O) groups excluding carboxylic acids is 2. The normalized spacial score (nSPS) is 10.8. The number of ether oxygens (including phenoxy) is 2. The van der Waals surface area contributed by atoms with Crippen molar-refractivity contribution in [2.45, 2.75) is 11.7 Å². The summed E-state index contributed by atoms with van der Waals surface area (Å²) in [6.45, 7) is 0.147. The highest BCUT2D eigenvalue weighted by Crippen LogP contribution is 2.28. The van der Waals surface area contributed by atoms with Gasteiger partial charge in [-0.3, -0.25) is 19.7 Å². The molecule has 188 valence electrons. The number of hydrogen-bond donors (Lipinski definition) is 2. The first kappa shape index (κ1) is 26.2. The average molecular weight is 513 g/mol. The summed E-state index contributed by atoms with van der Waals surface area (Å²) in [5.74, 6) is 1.12. The highest BCUT2D eigenvalue weighted by Gasteiger charge is 2.13. The number of methoxy groups -OCH3 is 2. The fraction of sp³-hybridized carbons (Fsp3) is 0.217. The molecule has 0 aliphatic carbocycles. The molecule has 2 aromatic carbocycles. The summed E-state index contributed by atoms with van der Waals surface area (Å²) in [4.78, 5) is 34.6. The highest BCUT2D eigenvalue weighted by atomic mass is 32.2. The van der Waals surface area contributed by atoms with Gasteiger partial charge in [0, 0.05) is 30.9 Å². The number of nitrogens with zero attached hydrogens (tertiary/aromatic N) is 4. The molecule has 0 saturated heterocycles. The first-order chi connectivity index (χ1) is 17.3. The molecule has 0 fully saturated rings. The van der Waals surface area contributed by atoms with Crippen LogP contribution in [0.2, 0.25) is 0 Å². The van der Waals surface area contributed by atoms with Crippen molar-refractivity contribution in [1.82, 2.24) is 20.1 Å². The summed E-state index contributed by atoms with van der Waals surface area (Å²) in [7, 11) is 4.82. The van der Waals surface area contributed by atoms with Gasteiger partial charge in [-0.1, -0.05) is 17.8 Å². The van der Waals surface area contributed by atoms with Gasteiger partial charge in [-0.2, -0.15) is 0 Å². The Labute approximate surface area is 210 Å². The van der Waals surface area contributed by atoms with Gasteiger partial charge >= 0.3 is 0 Å². The van der Waals surface area contributed by atoms with Crippen LogP contribution in [0.3, 0.4) is 0 Å². The Morgan fingerprint density at radius 2 is 1.83 bits per heavy atom. The molecule has 12 nitrogen and oxygen atoms in total. The quantitative estimate of drug-likeness (QED) is 0.171. The molecule has 2 N–H and O–H groups in total. The second kappa shape index (κ2) is 12.4. The zero-order chi connectivity index (χ0) is 26.1. The van der Waals surface area contributed by atoms with Crippen molar-refractivity contribution < 1.29 is 24.0 Å². The molecule has 0 radical (unpaired) electrons. The summed E-state index contributed by atoms with van der Waals surface area (Å²) in [5, 5.41) is 24.7. The van der Waals surface area contributed by atoms with E-state index < -0.39 is 4.92 Å². The SMILES string of the molecule is COc1ccc(/C=C/C(=O)NCc2nnc(SCC(=O)Nc3ccc([N+](=O)[O-])cc3)n2C)cc1OC. The van der Waals surface area contributed by atoms with Crippen molar-refractivity contribution in [1.29, 1.82) is 0 Å². The number of non-ortho nitro benzene ring substituents is 1. The third kappa shape index (κ3) is 7.06. The molecular formula is C23H24N6O6S. The molecule has 0 unspecified atom stereocenters. The Hall–Kier alpha value is -4.39. The van der Waals surface area contributed by atoms with Gasteiger partial charge in [-0.05, 0) is 35.9 Å². The molecular weight excluding hydrogens is 488 g/mol. The molecule has 0 atom stereocenters. The predicted octanol–water partition coefficient (Wildman–Crippen LogP) is 2.80. The van der Waals surface area contributed by atoms with E-state index in [1.54, 1.807) is 43.0 Å². The van der Waals surface area contributed by atoms with Gasteiger partial charge in [0.05, 0.1) is 31.4 Å². The van der Waals surface area contributed by atoms with Crippen molar-refractivity contribution >= 4 is 41.0 Å². The number of carbonyl (C=O) groups is 2. The lowest BCUT2D eigenvalue weighted by Gasteiger charge is -2.07. The van der Waals surface area contributed by atoms with Crippen LogP contribution in [0.5, 0.6) is 11.5 Å². The van der Waals surface area contributed by atoms with Crippen LogP contribution in [0.4, 0.5) is 11.4 Å². The van der Waals surface area contributed by atoms with Crippen LogP contribution in [-0.2, 0) is 23.2 Å². The van der Waals surface area contributed by atoms with E-state index in [2.05, 4.69) is 20.8 Å². The highest BCUT2D eigenvalue weighted by molar-refractivity contribution is 7.99. The molecule has 2 amide bonds. The predicted molar refractivity (Wildman–Crippen MR) is 134 cm³/mol. The number of aromatic nitrogens is 3. The van der Waals surface area contributed by atoms with E-state index in [1.165, 1.54) is 49.2 Å². The van der Waals surface area contributed by atoms with E-state index in [0.717, 1.165) is 5.56 Å². The van der Waals surface area contributed by atoms with E-state index >= 15 is 0 Å². The van der Waals surface area contributed by atoms with Crippen LogP contribution in [0, 0.1) is 10.1 Å². The molecule has 0 bridgehead atoms. The first-order valence-electron chi connectivity index (χ1n) is 10.5. The minimum absolute atomic E-state index is 0.0578. The van der Waals surface area contributed by atoms with Gasteiger partial charge < -0.3 is 24.7 Å². The number of rotatable bonds is 11. The van der Waals surface area contributed by atoms with Crippen LogP contribution < -0.4 is 20.1 Å². The number of anilines is 1. The third-order valence-electron chi connectivity index (χ3n) is 4.87. The number of nitro benzene ring substituents is 1. The molecule has 1 aromatic heterocycles. The van der Waals surface area contributed by atoms with Gasteiger partial charge in [0.1, 0.15) is 0 Å². The molecule has 36 heavy (non-hydrogen) atoms. The van der Waals surface area contributed by atoms with Crippen LogP contribution in [0.15, 0.2) is 53.7 Å². The molecule has 0 aliphatic heterocycles. The van der Waals surface area contributed by atoms with Crippen LogP contribution in [0.25, 0.3) is 6.08 Å². The zero-order valence-corrected chi connectivity index (χ0v) is 20.6. The van der Waals surface area contributed by atoms with Crippen LogP contribution in [-0.4, -0.2) is 51.5 Å². The van der Waals surface area contributed by atoms with Crippen molar-refractivity contribution in [2.75, 3.05) is 25.3 Å². The average Bonchev–Trinajstić information content (AvgIpc) is 3.24. The number of benzene rings is 2. The molecule has 1 heterocycles. The Bertz CT molecular complexity index is 1270. The van der Waals surface area contributed by atoms with E-state index in [4.69, 9.17) is 9.47 Å². The lowest BCUT2D eigenvalue weighted by atomic mass is 10.2. The Balaban J connectivity index is 1.48. The largest absolute Gasteiger partial charge is 0.493 e. The number of nitrogens with one attached hydrogen (secondary N) is 2. The number of amides is 2. The molecule has 0 saturated carbocycles. The van der Waals surface area contributed by atoms with Gasteiger partial charge in [0.2, 0.25) is 11.8 Å². The molecule has 13 heteroatoms. The smallest absolute Gasteiger partial charge is 0.269 e. The van der Waals surface area contributed by atoms with Gasteiger partial charge in [-0.25, -0.2) is 0 Å². The monoisotopic (exact) mass is 512 g/mol. The minimum atomic E-state index is -0.510. The van der Waals surface area contributed by atoms with E-state index in [-0.39, 0.29) is 29.8 Å². The maximum absolute atomic E-state index is 12.2. The summed E-state index contributed by atoms with van der Waals surface area (Å²) < 4.78 is 12.1. The van der Waals surface area contributed by atoms with Gasteiger partial charge in [0.15, 0.2) is 22.5 Å². The maximum atomic E-state index is 12.2. The lowest BCUT2D eigenvalue weighted by molar-refractivity contribution is -0.384. The second-order valence-corrected chi connectivity index (χ2v) is 8.21. The Morgan fingerprint density at radius 3 is 2.50 bits per heavy atom. The standard InChI is InChI=1S/C23H24N6O6S/c1-28-20(13-24-21(30)11-5-15-4-10-18(34-2)19(12-15)35-3)26-27-23(28)36-14-22(31)25-16-6-8-17(9-7-16)29(32)33/h4-12H,13-14H2,1-3H3,(H,24,30)(H,25,31)/b11-5+. The van der Waals surface area contributed by atoms with Crippen molar-refractivity contribution in [3.8, 4) is 11.5 Å². The van der Waals surface area contributed by atoms with E-state index in [1.807, 2.05) is 0 Å². The lowest BCUT2D eigenvalue weighted by Crippen LogP contribution is -2.22. The van der Waals surface area contributed by atoms with Crippen LogP contribution in [0.1, 0.15) is 11.4 Å². The van der Waals surface area contributed by atoms with Crippen molar-refractivity contribution in [2.24, 2.45) is 7.05 Å². The maximum Gasteiger partial charge on any atom is 0.269 e.